The average molecular weight is 390 g/mol. The van der Waals surface area contributed by atoms with E-state index < -0.39 is 21.9 Å². The van der Waals surface area contributed by atoms with Crippen molar-refractivity contribution in [3.05, 3.63) is 58.7 Å². The lowest BCUT2D eigenvalue weighted by Crippen LogP contribution is -2.26. The topological polar surface area (TPSA) is 92.8 Å². The number of esters is 1. The first-order valence-corrected chi connectivity index (χ1v) is 9.95. The van der Waals surface area contributed by atoms with E-state index in [9.17, 15) is 18.0 Å². The van der Waals surface area contributed by atoms with Crippen LogP contribution in [0.15, 0.2) is 36.4 Å². The van der Waals surface area contributed by atoms with Gasteiger partial charge in [-0.15, -0.1) is 0 Å². The highest BCUT2D eigenvalue weighted by Crippen LogP contribution is 2.26. The highest BCUT2D eigenvalue weighted by atomic mass is 32.2. The molecule has 0 unspecified atom stereocenters. The minimum absolute atomic E-state index is 0.339. The Kier molecular flexibility index (Phi) is 5.90. The number of anilines is 2. The Hall–Kier alpha value is -2.87. The summed E-state index contributed by atoms with van der Waals surface area (Å²) < 4.78 is 29.5. The lowest BCUT2D eigenvalue weighted by molar-refractivity contribution is 0.0599. The lowest BCUT2D eigenvalue weighted by Gasteiger charge is -2.20. The summed E-state index contributed by atoms with van der Waals surface area (Å²) in [7, 11) is -0.729. The molecule has 0 heterocycles. The van der Waals surface area contributed by atoms with Crippen LogP contribution in [0.1, 0.15) is 31.8 Å². The van der Waals surface area contributed by atoms with Gasteiger partial charge in [-0.3, -0.25) is 9.10 Å². The number of nitrogens with zero attached hydrogens (tertiary/aromatic N) is 1. The first-order chi connectivity index (χ1) is 12.6. The monoisotopic (exact) mass is 390 g/mol. The van der Waals surface area contributed by atoms with E-state index in [1.807, 2.05) is 0 Å². The zero-order valence-electron chi connectivity index (χ0n) is 15.9. The summed E-state index contributed by atoms with van der Waals surface area (Å²) in [6.07, 6.45) is 1.10. The molecule has 1 N–H and O–H groups in total. The summed E-state index contributed by atoms with van der Waals surface area (Å²) in [6.45, 7) is 3.40. The van der Waals surface area contributed by atoms with Gasteiger partial charge in [0.1, 0.15) is 0 Å². The SMILES string of the molecule is COC(=O)c1cccc(NC(=O)c2cccc(N(C)S(C)(=O)=O)c2C)c1C. The molecule has 0 atom stereocenters. The fourth-order valence-corrected chi connectivity index (χ4v) is 3.24. The van der Waals surface area contributed by atoms with E-state index >= 15 is 0 Å². The van der Waals surface area contributed by atoms with E-state index in [0.29, 0.717) is 33.6 Å². The van der Waals surface area contributed by atoms with Crippen LogP contribution in [0.4, 0.5) is 11.4 Å². The molecule has 0 aliphatic rings. The standard InChI is InChI=1S/C19H22N2O5S/c1-12-15(19(23)26-4)9-6-10-16(12)20-18(22)14-8-7-11-17(13(14)2)21(3)27(5,24)25/h6-11H,1-5H3,(H,20,22). The molecule has 0 fully saturated rings. The number of hydrogen-bond donors (Lipinski definition) is 1. The summed E-state index contributed by atoms with van der Waals surface area (Å²) >= 11 is 0. The first-order valence-electron chi connectivity index (χ1n) is 8.10. The highest BCUT2D eigenvalue weighted by Gasteiger charge is 2.20. The molecular formula is C19H22N2O5S. The smallest absolute Gasteiger partial charge is 0.338 e. The third kappa shape index (κ3) is 4.28. The van der Waals surface area contributed by atoms with Gasteiger partial charge in [-0.2, -0.15) is 0 Å². The van der Waals surface area contributed by atoms with Crippen molar-refractivity contribution in [1.29, 1.82) is 0 Å². The molecule has 27 heavy (non-hydrogen) atoms. The van der Waals surface area contributed by atoms with Crippen molar-refractivity contribution in [3.8, 4) is 0 Å². The van der Waals surface area contributed by atoms with Gasteiger partial charge in [-0.05, 0) is 49.2 Å². The molecule has 0 spiro atoms. The molecule has 2 aromatic carbocycles. The van der Waals surface area contributed by atoms with Crippen LogP contribution < -0.4 is 9.62 Å². The molecule has 0 radical (unpaired) electrons. The summed E-state index contributed by atoms with van der Waals surface area (Å²) in [5.74, 6) is -0.891. The van der Waals surface area contributed by atoms with Gasteiger partial charge in [-0.25, -0.2) is 13.2 Å². The second kappa shape index (κ2) is 7.79. The van der Waals surface area contributed by atoms with Crippen LogP contribution >= 0.6 is 0 Å². The molecule has 0 bridgehead atoms. The van der Waals surface area contributed by atoms with Crippen molar-refractivity contribution in [2.24, 2.45) is 0 Å². The number of hydrogen-bond acceptors (Lipinski definition) is 5. The van der Waals surface area contributed by atoms with E-state index in [4.69, 9.17) is 4.74 Å². The van der Waals surface area contributed by atoms with Gasteiger partial charge < -0.3 is 10.1 Å². The maximum Gasteiger partial charge on any atom is 0.338 e. The Bertz CT molecular complexity index is 999. The van der Waals surface area contributed by atoms with Crippen molar-refractivity contribution in [1.82, 2.24) is 0 Å². The molecule has 2 aromatic rings. The van der Waals surface area contributed by atoms with Crippen LogP contribution in [-0.4, -0.2) is 40.7 Å². The third-order valence-corrected chi connectivity index (χ3v) is 5.57. The quantitative estimate of drug-likeness (QED) is 0.793. The van der Waals surface area contributed by atoms with Gasteiger partial charge in [0, 0.05) is 18.3 Å². The van der Waals surface area contributed by atoms with Crippen molar-refractivity contribution in [2.45, 2.75) is 13.8 Å². The number of carbonyl (C=O) groups is 2. The van der Waals surface area contributed by atoms with Crippen LogP contribution in [0.25, 0.3) is 0 Å². The first kappa shape index (κ1) is 20.4. The van der Waals surface area contributed by atoms with Crippen LogP contribution in [0, 0.1) is 13.8 Å². The zero-order chi connectivity index (χ0) is 20.4. The van der Waals surface area contributed by atoms with Crippen LogP contribution in [0.5, 0.6) is 0 Å². The molecule has 0 saturated carbocycles. The van der Waals surface area contributed by atoms with Gasteiger partial charge in [-0.1, -0.05) is 12.1 Å². The van der Waals surface area contributed by atoms with Crippen LogP contribution in [0.3, 0.4) is 0 Å². The molecule has 0 aliphatic heterocycles. The molecule has 0 aromatic heterocycles. The van der Waals surface area contributed by atoms with E-state index in [2.05, 4.69) is 5.32 Å². The molecule has 7 nitrogen and oxygen atoms in total. The second-order valence-electron chi connectivity index (χ2n) is 6.10. The molecule has 8 heteroatoms. The molecule has 0 aliphatic carbocycles. The fourth-order valence-electron chi connectivity index (χ4n) is 2.68. The highest BCUT2D eigenvalue weighted by molar-refractivity contribution is 7.92. The zero-order valence-corrected chi connectivity index (χ0v) is 16.7. The number of benzene rings is 2. The minimum atomic E-state index is -3.45. The van der Waals surface area contributed by atoms with Gasteiger partial charge in [0.2, 0.25) is 10.0 Å². The van der Waals surface area contributed by atoms with Gasteiger partial charge >= 0.3 is 5.97 Å². The van der Waals surface area contributed by atoms with E-state index in [1.54, 1.807) is 50.2 Å². The average Bonchev–Trinajstić information content (AvgIpc) is 2.61. The number of ether oxygens (including phenoxy) is 1. The Balaban J connectivity index is 2.39. The summed E-state index contributed by atoms with van der Waals surface area (Å²) in [4.78, 5) is 24.6. The second-order valence-corrected chi connectivity index (χ2v) is 8.12. The molecular weight excluding hydrogens is 368 g/mol. The van der Waals surface area contributed by atoms with Crippen molar-refractivity contribution in [3.63, 3.8) is 0 Å². The lowest BCUT2D eigenvalue weighted by atomic mass is 10.0. The van der Waals surface area contributed by atoms with Gasteiger partial charge in [0.15, 0.2) is 0 Å². The predicted molar refractivity (Wildman–Crippen MR) is 105 cm³/mol. The molecule has 144 valence electrons. The summed E-state index contributed by atoms with van der Waals surface area (Å²) in [5.41, 5.74) is 2.71. The third-order valence-electron chi connectivity index (χ3n) is 4.37. The Labute approximate surface area is 159 Å². The Morgan fingerprint density at radius 1 is 1.00 bits per heavy atom. The fraction of sp³-hybridized carbons (Fsp3) is 0.263. The number of nitrogens with one attached hydrogen (secondary N) is 1. The molecule has 0 saturated heterocycles. The van der Waals surface area contributed by atoms with E-state index in [0.717, 1.165) is 10.6 Å². The number of sulfonamides is 1. The van der Waals surface area contributed by atoms with Crippen molar-refractivity contribution >= 4 is 33.3 Å². The number of rotatable bonds is 5. The predicted octanol–water partition coefficient (Wildman–Crippen LogP) is 2.74. The maximum absolute atomic E-state index is 12.8. The van der Waals surface area contributed by atoms with E-state index in [1.165, 1.54) is 14.2 Å². The maximum atomic E-state index is 12.8. The molecule has 1 amide bonds. The molecule has 2 rings (SSSR count). The van der Waals surface area contributed by atoms with Crippen molar-refractivity contribution in [2.75, 3.05) is 30.0 Å². The number of carbonyl (C=O) groups excluding carboxylic acids is 2. The Morgan fingerprint density at radius 3 is 2.19 bits per heavy atom. The summed E-state index contributed by atoms with van der Waals surface area (Å²) in [6, 6.07) is 9.82. The Morgan fingerprint density at radius 2 is 1.59 bits per heavy atom. The van der Waals surface area contributed by atoms with Gasteiger partial charge in [0.25, 0.3) is 5.91 Å². The van der Waals surface area contributed by atoms with Crippen LogP contribution in [0.2, 0.25) is 0 Å². The summed E-state index contributed by atoms with van der Waals surface area (Å²) in [5, 5.41) is 2.78. The van der Waals surface area contributed by atoms with E-state index in [-0.39, 0.29) is 0 Å². The minimum Gasteiger partial charge on any atom is -0.465 e. The number of amides is 1. The largest absolute Gasteiger partial charge is 0.465 e. The van der Waals surface area contributed by atoms with Crippen LogP contribution in [-0.2, 0) is 14.8 Å². The number of methoxy groups -OCH3 is 1. The van der Waals surface area contributed by atoms with Crippen molar-refractivity contribution < 1.29 is 22.7 Å². The normalized spacial score (nSPS) is 11.0. The van der Waals surface area contributed by atoms with Gasteiger partial charge in [0.05, 0.1) is 24.6 Å².